The van der Waals surface area contributed by atoms with Gasteiger partial charge in [-0.3, -0.25) is 0 Å². The van der Waals surface area contributed by atoms with Crippen molar-refractivity contribution in [2.75, 3.05) is 19.8 Å². The Morgan fingerprint density at radius 3 is 2.58 bits per heavy atom. The van der Waals surface area contributed by atoms with Gasteiger partial charge in [-0.1, -0.05) is 6.92 Å². The highest BCUT2D eigenvalue weighted by atomic mass is 16.6. The van der Waals surface area contributed by atoms with E-state index in [1.165, 1.54) is 12.8 Å². The van der Waals surface area contributed by atoms with E-state index in [2.05, 4.69) is 41.5 Å². The van der Waals surface area contributed by atoms with Crippen LogP contribution in [0.5, 0.6) is 0 Å². The summed E-state index contributed by atoms with van der Waals surface area (Å²) in [7, 11) is 0. The fraction of sp³-hybridized carbons (Fsp3) is 1.00. The molecule has 6 atom stereocenters. The lowest BCUT2D eigenvalue weighted by atomic mass is 9.72. The van der Waals surface area contributed by atoms with Crippen LogP contribution in [-0.2, 0) is 18.9 Å². The van der Waals surface area contributed by atoms with Crippen molar-refractivity contribution in [1.82, 2.24) is 0 Å². The maximum absolute atomic E-state index is 6.60. The zero-order valence-electron chi connectivity index (χ0n) is 17.8. The van der Waals surface area contributed by atoms with Crippen molar-refractivity contribution in [3.05, 3.63) is 0 Å². The normalized spacial score (nSPS) is 38.3. The van der Waals surface area contributed by atoms with E-state index in [4.69, 9.17) is 18.9 Å². The van der Waals surface area contributed by atoms with Crippen LogP contribution >= 0.6 is 0 Å². The van der Waals surface area contributed by atoms with Gasteiger partial charge in [0.15, 0.2) is 0 Å². The van der Waals surface area contributed by atoms with Crippen molar-refractivity contribution >= 4 is 0 Å². The zero-order chi connectivity index (χ0) is 19.0. The molecule has 0 spiro atoms. The molecule has 2 aliphatic heterocycles. The lowest BCUT2D eigenvalue weighted by molar-refractivity contribution is -0.0947. The summed E-state index contributed by atoms with van der Waals surface area (Å²) < 4.78 is 23.9. The molecular formula is C22H40O4. The Labute approximate surface area is 160 Å². The molecule has 2 saturated heterocycles. The summed E-state index contributed by atoms with van der Waals surface area (Å²) >= 11 is 0. The summed E-state index contributed by atoms with van der Waals surface area (Å²) in [6, 6.07) is 0. The monoisotopic (exact) mass is 368 g/mol. The van der Waals surface area contributed by atoms with Gasteiger partial charge < -0.3 is 18.9 Å². The molecule has 0 amide bonds. The molecule has 1 saturated carbocycles. The quantitative estimate of drug-likeness (QED) is 0.494. The van der Waals surface area contributed by atoms with Crippen LogP contribution in [0.4, 0.5) is 0 Å². The summed E-state index contributed by atoms with van der Waals surface area (Å²) in [5.41, 5.74) is 0.170. The minimum atomic E-state index is -0.0688. The van der Waals surface area contributed by atoms with Crippen molar-refractivity contribution in [2.24, 2.45) is 11.8 Å². The van der Waals surface area contributed by atoms with E-state index in [9.17, 15) is 0 Å². The van der Waals surface area contributed by atoms with Gasteiger partial charge in [0, 0.05) is 19.8 Å². The molecule has 6 unspecified atom stereocenters. The van der Waals surface area contributed by atoms with Gasteiger partial charge in [-0.15, -0.1) is 0 Å². The van der Waals surface area contributed by atoms with E-state index in [0.29, 0.717) is 24.0 Å². The van der Waals surface area contributed by atoms with Crippen molar-refractivity contribution < 1.29 is 18.9 Å². The number of fused-ring (bicyclic) bond motifs is 1. The van der Waals surface area contributed by atoms with Gasteiger partial charge in [-0.25, -0.2) is 0 Å². The van der Waals surface area contributed by atoms with Crippen LogP contribution in [0.3, 0.4) is 0 Å². The number of hydrogen-bond acceptors (Lipinski definition) is 4. The molecule has 0 bridgehead atoms. The average molecular weight is 369 g/mol. The Bertz CT molecular complexity index is 479. The largest absolute Gasteiger partial charge is 0.381 e. The fourth-order valence-corrected chi connectivity index (χ4v) is 4.65. The number of epoxide rings is 2. The predicted molar refractivity (Wildman–Crippen MR) is 103 cm³/mol. The van der Waals surface area contributed by atoms with Crippen molar-refractivity contribution in [3.8, 4) is 0 Å². The molecule has 152 valence electrons. The third kappa shape index (κ3) is 4.81. The Hall–Kier alpha value is -0.160. The number of rotatable bonds is 11. The average Bonchev–Trinajstić information content (AvgIpc) is 3.43. The fourth-order valence-electron chi connectivity index (χ4n) is 4.65. The Balaban J connectivity index is 1.52. The molecule has 4 nitrogen and oxygen atoms in total. The summed E-state index contributed by atoms with van der Waals surface area (Å²) in [5.74, 6) is 1.14. The smallest absolute Gasteiger partial charge is 0.0920 e. The molecule has 0 aromatic rings. The van der Waals surface area contributed by atoms with Crippen LogP contribution in [0.1, 0.15) is 80.1 Å². The first-order chi connectivity index (χ1) is 12.2. The second kappa shape index (κ2) is 7.69. The third-order valence-electron chi connectivity index (χ3n) is 7.10. The minimum absolute atomic E-state index is 0.0671. The van der Waals surface area contributed by atoms with E-state index in [0.717, 1.165) is 45.5 Å². The van der Waals surface area contributed by atoms with Gasteiger partial charge in [0.05, 0.1) is 29.0 Å². The Morgan fingerprint density at radius 1 is 1.23 bits per heavy atom. The first-order valence-electron chi connectivity index (χ1n) is 10.8. The molecule has 0 aromatic heterocycles. The van der Waals surface area contributed by atoms with Crippen LogP contribution in [-0.4, -0.2) is 48.8 Å². The molecule has 0 aromatic carbocycles. The topological polar surface area (TPSA) is 43.5 Å². The maximum atomic E-state index is 6.60. The second-order valence-corrected chi connectivity index (χ2v) is 9.85. The lowest BCUT2D eigenvalue weighted by Crippen LogP contribution is -2.42. The summed E-state index contributed by atoms with van der Waals surface area (Å²) in [5, 5.41) is 0. The highest BCUT2D eigenvalue weighted by Gasteiger charge is 2.58. The highest BCUT2D eigenvalue weighted by Crippen LogP contribution is 2.53. The molecule has 0 radical (unpaired) electrons. The molecule has 1 aliphatic carbocycles. The van der Waals surface area contributed by atoms with E-state index < -0.39 is 0 Å². The number of hydrogen-bond donors (Lipinski definition) is 0. The molecule has 3 rings (SSSR count). The van der Waals surface area contributed by atoms with Gasteiger partial charge in [0.1, 0.15) is 0 Å². The summed E-state index contributed by atoms with van der Waals surface area (Å²) in [6.45, 7) is 15.7. The SMILES string of the molecule is CCOCC(C)CCOC(C)(CCC1OC1(C)C)C1CCC2(C)OC2C1. The van der Waals surface area contributed by atoms with E-state index in [1.807, 2.05) is 0 Å². The third-order valence-corrected chi connectivity index (χ3v) is 7.10. The van der Waals surface area contributed by atoms with Crippen LogP contribution in [0.2, 0.25) is 0 Å². The van der Waals surface area contributed by atoms with E-state index >= 15 is 0 Å². The molecule has 3 aliphatic rings. The second-order valence-electron chi connectivity index (χ2n) is 9.85. The van der Waals surface area contributed by atoms with Gasteiger partial charge in [-0.05, 0) is 85.0 Å². The molecule has 3 fully saturated rings. The predicted octanol–water partition coefficient (Wildman–Crippen LogP) is 4.74. The van der Waals surface area contributed by atoms with Crippen molar-refractivity contribution in [1.29, 1.82) is 0 Å². The lowest BCUT2D eigenvalue weighted by Gasteiger charge is -2.40. The Morgan fingerprint density at radius 2 is 1.96 bits per heavy atom. The van der Waals surface area contributed by atoms with Crippen LogP contribution in [0.15, 0.2) is 0 Å². The number of ether oxygens (including phenoxy) is 4. The van der Waals surface area contributed by atoms with Crippen LogP contribution in [0, 0.1) is 11.8 Å². The Kier molecular flexibility index (Phi) is 6.09. The van der Waals surface area contributed by atoms with Gasteiger partial charge in [0.25, 0.3) is 0 Å². The summed E-state index contributed by atoms with van der Waals surface area (Å²) in [4.78, 5) is 0. The van der Waals surface area contributed by atoms with Crippen LogP contribution in [0.25, 0.3) is 0 Å². The minimum Gasteiger partial charge on any atom is -0.381 e. The van der Waals surface area contributed by atoms with Gasteiger partial charge >= 0.3 is 0 Å². The van der Waals surface area contributed by atoms with Crippen LogP contribution < -0.4 is 0 Å². The summed E-state index contributed by atoms with van der Waals surface area (Å²) in [6.07, 6.45) is 7.62. The first-order valence-corrected chi connectivity index (χ1v) is 10.8. The molecule has 0 N–H and O–H groups in total. The standard InChI is InChI=1S/C22H40O4/c1-7-23-15-16(2)10-13-24-21(5,12-9-18-20(3,4)25-18)17-8-11-22(6)19(14-17)26-22/h16-19H,7-15H2,1-6H3. The van der Waals surface area contributed by atoms with E-state index in [-0.39, 0.29) is 16.8 Å². The highest BCUT2D eigenvalue weighted by molar-refractivity contribution is 5.07. The molecule has 4 heteroatoms. The van der Waals surface area contributed by atoms with Gasteiger partial charge in [-0.2, -0.15) is 0 Å². The molecule has 2 heterocycles. The van der Waals surface area contributed by atoms with Crippen molar-refractivity contribution in [3.63, 3.8) is 0 Å². The van der Waals surface area contributed by atoms with Crippen molar-refractivity contribution in [2.45, 2.75) is 109 Å². The maximum Gasteiger partial charge on any atom is 0.0920 e. The first kappa shape index (κ1) is 20.6. The van der Waals surface area contributed by atoms with Gasteiger partial charge in [0.2, 0.25) is 0 Å². The zero-order valence-corrected chi connectivity index (χ0v) is 17.8. The molecular weight excluding hydrogens is 328 g/mol. The molecule has 26 heavy (non-hydrogen) atoms. The van der Waals surface area contributed by atoms with E-state index in [1.54, 1.807) is 0 Å².